The normalized spacial score (nSPS) is 17.9. The van der Waals surface area contributed by atoms with Gasteiger partial charge in [-0.25, -0.2) is 9.38 Å². The van der Waals surface area contributed by atoms with Gasteiger partial charge in [0, 0.05) is 6.42 Å². The molecule has 8 heteroatoms. The van der Waals surface area contributed by atoms with Crippen molar-refractivity contribution in [2.45, 2.75) is 24.9 Å². The van der Waals surface area contributed by atoms with Crippen molar-refractivity contribution < 1.29 is 14.0 Å². The van der Waals surface area contributed by atoms with Crippen molar-refractivity contribution in [2.24, 2.45) is 16.5 Å². The van der Waals surface area contributed by atoms with E-state index in [1.807, 2.05) is 24.3 Å². The van der Waals surface area contributed by atoms with Gasteiger partial charge in [0.2, 0.25) is 5.78 Å². The van der Waals surface area contributed by atoms with Crippen LogP contribution in [-0.2, 0) is 22.4 Å². The molecule has 2 aromatic rings. The number of fused-ring (bicyclic) bond motifs is 1. The molecule has 6 nitrogen and oxygen atoms in total. The molecule has 0 fully saturated rings. The molecule has 1 aliphatic carbocycles. The van der Waals surface area contributed by atoms with E-state index in [-0.39, 0.29) is 17.4 Å². The Morgan fingerprint density at radius 3 is 2.67 bits per heavy atom. The molecule has 0 heterocycles. The van der Waals surface area contributed by atoms with Crippen LogP contribution in [0.2, 0.25) is 5.02 Å². The molecular formula is C19H18ClFN4O2. The number of nitrogens with one attached hydrogen (secondary N) is 1. The molecule has 27 heavy (non-hydrogen) atoms. The number of rotatable bonds is 5. The molecule has 0 saturated heterocycles. The summed E-state index contributed by atoms with van der Waals surface area (Å²) in [4.78, 5) is 28.9. The van der Waals surface area contributed by atoms with Crippen molar-refractivity contribution in [2.75, 3.05) is 0 Å². The number of halogens is 2. The zero-order valence-electron chi connectivity index (χ0n) is 14.3. The summed E-state index contributed by atoms with van der Waals surface area (Å²) in [6.45, 7) is 0. The molecule has 0 aliphatic heterocycles. The Morgan fingerprint density at radius 1 is 1.22 bits per heavy atom. The van der Waals surface area contributed by atoms with Crippen molar-refractivity contribution in [3.8, 4) is 0 Å². The number of carbonyl (C=O) groups is 2. The van der Waals surface area contributed by atoms with Crippen LogP contribution in [0.5, 0.6) is 0 Å². The molecule has 5 N–H and O–H groups in total. The van der Waals surface area contributed by atoms with Crippen LogP contribution in [-0.4, -0.2) is 23.7 Å². The van der Waals surface area contributed by atoms with E-state index in [0.29, 0.717) is 12.0 Å². The molecule has 1 amide bonds. The highest BCUT2D eigenvalue weighted by atomic mass is 35.5. The van der Waals surface area contributed by atoms with Crippen molar-refractivity contribution in [3.63, 3.8) is 0 Å². The average Bonchev–Trinajstić information content (AvgIpc) is 2.94. The SMILES string of the molecule is NC(N)=N[C@H]1Cc2ccccc2[C@@H]1NC(=O)C(=O)Cc1ccc(Cl)c(F)c1. The summed E-state index contributed by atoms with van der Waals surface area (Å²) in [5.41, 5.74) is 13.2. The third-order valence-corrected chi connectivity index (χ3v) is 4.71. The van der Waals surface area contributed by atoms with Crippen LogP contribution in [0.15, 0.2) is 47.5 Å². The molecule has 3 rings (SSSR count). The molecule has 0 aromatic heterocycles. The quantitative estimate of drug-likeness (QED) is 0.411. The minimum absolute atomic E-state index is 0.0433. The van der Waals surface area contributed by atoms with Crippen LogP contribution < -0.4 is 16.8 Å². The molecule has 1 aliphatic rings. The summed E-state index contributed by atoms with van der Waals surface area (Å²) in [6.07, 6.45) is 0.316. The Kier molecular flexibility index (Phi) is 5.41. The Bertz CT molecular complexity index is 928. The van der Waals surface area contributed by atoms with Crippen LogP contribution in [0, 0.1) is 5.82 Å². The van der Waals surface area contributed by atoms with E-state index in [1.165, 1.54) is 12.1 Å². The van der Waals surface area contributed by atoms with Gasteiger partial charge in [-0.2, -0.15) is 0 Å². The number of benzene rings is 2. The summed E-state index contributed by atoms with van der Waals surface area (Å²) in [7, 11) is 0. The zero-order chi connectivity index (χ0) is 19.6. The number of ketones is 1. The third kappa shape index (κ3) is 4.25. The summed E-state index contributed by atoms with van der Waals surface area (Å²) in [6, 6.07) is 10.6. The lowest BCUT2D eigenvalue weighted by molar-refractivity contribution is -0.138. The van der Waals surface area contributed by atoms with Gasteiger partial charge in [0.1, 0.15) is 5.82 Å². The molecule has 0 saturated carbocycles. The standard InChI is InChI=1S/C19H18ClFN4O2/c20-13-6-5-10(7-14(13)21)8-16(26)18(27)25-17-12-4-2-1-3-11(12)9-15(17)24-19(22)23/h1-7,15,17H,8-9H2,(H,25,27)(H4,22,23,24)/t15-,17-/m0/s1. The Labute approximate surface area is 160 Å². The molecule has 2 atom stereocenters. The Balaban J connectivity index is 1.75. The molecule has 140 valence electrons. The molecule has 0 spiro atoms. The zero-order valence-corrected chi connectivity index (χ0v) is 15.0. The maximum atomic E-state index is 13.5. The van der Waals surface area contributed by atoms with Gasteiger partial charge in [-0.15, -0.1) is 0 Å². The van der Waals surface area contributed by atoms with E-state index in [0.717, 1.165) is 17.2 Å². The van der Waals surface area contributed by atoms with Gasteiger partial charge < -0.3 is 16.8 Å². The van der Waals surface area contributed by atoms with Gasteiger partial charge in [0.05, 0.1) is 17.1 Å². The first-order valence-electron chi connectivity index (χ1n) is 8.29. The van der Waals surface area contributed by atoms with Crippen LogP contribution in [0.4, 0.5) is 4.39 Å². The highest BCUT2D eigenvalue weighted by Gasteiger charge is 2.34. The minimum atomic E-state index is -0.775. The highest BCUT2D eigenvalue weighted by Crippen LogP contribution is 2.33. The van der Waals surface area contributed by atoms with Crippen LogP contribution in [0.25, 0.3) is 0 Å². The first kappa shape index (κ1) is 18.8. The predicted octanol–water partition coefficient (Wildman–Crippen LogP) is 1.65. The van der Waals surface area contributed by atoms with Crippen molar-refractivity contribution in [1.29, 1.82) is 0 Å². The highest BCUT2D eigenvalue weighted by molar-refractivity contribution is 6.36. The minimum Gasteiger partial charge on any atom is -0.370 e. The summed E-state index contributed by atoms with van der Waals surface area (Å²) in [5.74, 6) is -2.19. The van der Waals surface area contributed by atoms with Crippen molar-refractivity contribution in [3.05, 3.63) is 70.0 Å². The average molecular weight is 389 g/mol. The molecule has 2 aromatic carbocycles. The number of guanidine groups is 1. The number of hydrogen-bond donors (Lipinski definition) is 3. The fraction of sp³-hybridized carbons (Fsp3) is 0.211. The van der Waals surface area contributed by atoms with Crippen LogP contribution >= 0.6 is 11.6 Å². The molecular weight excluding hydrogens is 371 g/mol. The second-order valence-corrected chi connectivity index (χ2v) is 6.73. The number of carbonyl (C=O) groups excluding carboxylic acids is 2. The maximum absolute atomic E-state index is 13.5. The van der Waals surface area contributed by atoms with E-state index >= 15 is 0 Å². The van der Waals surface area contributed by atoms with Gasteiger partial charge in [0.25, 0.3) is 5.91 Å². The van der Waals surface area contributed by atoms with Crippen LogP contribution in [0.1, 0.15) is 22.7 Å². The van der Waals surface area contributed by atoms with E-state index < -0.39 is 29.6 Å². The van der Waals surface area contributed by atoms with E-state index in [4.69, 9.17) is 23.1 Å². The number of nitrogens with two attached hydrogens (primary N) is 2. The summed E-state index contributed by atoms with van der Waals surface area (Å²) < 4.78 is 13.5. The fourth-order valence-corrected chi connectivity index (χ4v) is 3.31. The lowest BCUT2D eigenvalue weighted by Crippen LogP contribution is -2.39. The van der Waals surface area contributed by atoms with Gasteiger partial charge >= 0.3 is 0 Å². The number of hydrogen-bond acceptors (Lipinski definition) is 3. The predicted molar refractivity (Wildman–Crippen MR) is 101 cm³/mol. The van der Waals surface area contributed by atoms with Gasteiger partial charge in [-0.1, -0.05) is 41.9 Å². The van der Waals surface area contributed by atoms with Gasteiger partial charge in [0.15, 0.2) is 5.96 Å². The number of nitrogens with zero attached hydrogens (tertiary/aromatic N) is 1. The van der Waals surface area contributed by atoms with Crippen LogP contribution in [0.3, 0.4) is 0 Å². The second-order valence-electron chi connectivity index (χ2n) is 6.32. The number of Topliss-reactive ketones (excluding diaryl/α,β-unsaturated/α-hetero) is 1. The fourth-order valence-electron chi connectivity index (χ4n) is 3.20. The monoisotopic (exact) mass is 388 g/mol. The van der Waals surface area contributed by atoms with E-state index in [9.17, 15) is 14.0 Å². The first-order valence-corrected chi connectivity index (χ1v) is 8.67. The van der Waals surface area contributed by atoms with Gasteiger partial charge in [-0.3, -0.25) is 9.59 Å². The van der Waals surface area contributed by atoms with E-state index in [2.05, 4.69) is 10.3 Å². The van der Waals surface area contributed by atoms with Crippen molar-refractivity contribution in [1.82, 2.24) is 5.32 Å². The third-order valence-electron chi connectivity index (χ3n) is 4.41. The smallest absolute Gasteiger partial charge is 0.288 e. The van der Waals surface area contributed by atoms with Gasteiger partial charge in [-0.05, 0) is 35.2 Å². The molecule has 0 radical (unpaired) electrons. The lowest BCUT2D eigenvalue weighted by Gasteiger charge is -2.19. The topological polar surface area (TPSA) is 111 Å². The lowest BCUT2D eigenvalue weighted by atomic mass is 10.1. The Hall–Kier alpha value is -2.93. The number of amides is 1. The van der Waals surface area contributed by atoms with E-state index in [1.54, 1.807) is 0 Å². The summed E-state index contributed by atoms with van der Waals surface area (Å²) in [5, 5.41) is 2.67. The molecule has 0 bridgehead atoms. The number of aliphatic imine (C=N–C) groups is 1. The maximum Gasteiger partial charge on any atom is 0.288 e. The second kappa shape index (κ2) is 7.75. The summed E-state index contributed by atoms with van der Waals surface area (Å²) >= 11 is 5.63. The van der Waals surface area contributed by atoms with Crippen molar-refractivity contribution >= 4 is 29.3 Å². The first-order chi connectivity index (χ1) is 12.8. The largest absolute Gasteiger partial charge is 0.370 e. The molecule has 0 unspecified atom stereocenters. The Morgan fingerprint density at radius 2 is 1.96 bits per heavy atom.